The first-order chi connectivity index (χ1) is 15.2. The summed E-state index contributed by atoms with van der Waals surface area (Å²) in [6.45, 7) is 4.52. The molecule has 0 spiro atoms. The highest BCUT2D eigenvalue weighted by molar-refractivity contribution is 5.68. The van der Waals surface area contributed by atoms with Crippen molar-refractivity contribution in [3.63, 3.8) is 0 Å². The molecule has 0 saturated heterocycles. The first-order valence-electron chi connectivity index (χ1n) is 13.0. The van der Waals surface area contributed by atoms with Crippen molar-refractivity contribution in [1.29, 1.82) is 0 Å². The lowest BCUT2D eigenvalue weighted by molar-refractivity contribution is 0.102. The second kappa shape index (κ2) is 10.8. The smallest absolute Gasteiger partial charge is 0.107 e. The third-order valence-corrected chi connectivity index (χ3v) is 8.23. The quantitative estimate of drug-likeness (QED) is 0.419. The summed E-state index contributed by atoms with van der Waals surface area (Å²) < 4.78 is 15.6. The van der Waals surface area contributed by atoms with Crippen LogP contribution in [0.25, 0.3) is 11.1 Å². The molecule has 0 heterocycles. The highest BCUT2D eigenvalue weighted by Crippen LogP contribution is 2.47. The third-order valence-electron chi connectivity index (χ3n) is 8.23. The molecule has 3 unspecified atom stereocenters. The van der Waals surface area contributed by atoms with Gasteiger partial charge in [0, 0.05) is 5.92 Å². The van der Waals surface area contributed by atoms with Crippen LogP contribution in [-0.4, -0.2) is 6.17 Å². The Morgan fingerprint density at radius 2 is 1.48 bits per heavy atom. The van der Waals surface area contributed by atoms with Crippen molar-refractivity contribution in [2.45, 2.75) is 96.6 Å². The Bertz CT molecular complexity index is 799. The molecule has 0 N–H and O–H groups in total. The minimum absolute atomic E-state index is 0.0548. The van der Waals surface area contributed by atoms with Crippen LogP contribution in [0.5, 0.6) is 0 Å². The van der Waals surface area contributed by atoms with E-state index < -0.39 is 6.17 Å². The standard InChI is InChI=1S/C30H41F/c1-3-7-22-11-15-24(16-12-22)26-19-20-29(30(31)21-26)28-10-6-5-9-27(28)25-17-13-23(8-4-2)14-18-25/h5-6,9-10,13-14,17-18,22,24,26,29-30H,3-4,7-8,11-12,15-16,19-21H2,1-2H3. The third kappa shape index (κ3) is 5.41. The Morgan fingerprint density at radius 3 is 2.16 bits per heavy atom. The number of rotatable bonds is 7. The van der Waals surface area contributed by atoms with Gasteiger partial charge in [0.2, 0.25) is 0 Å². The van der Waals surface area contributed by atoms with Gasteiger partial charge in [-0.25, -0.2) is 4.39 Å². The van der Waals surface area contributed by atoms with Crippen LogP contribution in [0.1, 0.15) is 95.1 Å². The van der Waals surface area contributed by atoms with E-state index in [4.69, 9.17) is 0 Å². The van der Waals surface area contributed by atoms with Gasteiger partial charge in [-0.1, -0.05) is 94.5 Å². The fourth-order valence-electron chi connectivity index (χ4n) is 6.50. The number of hydrogen-bond acceptors (Lipinski definition) is 0. The summed E-state index contributed by atoms with van der Waals surface area (Å²) >= 11 is 0. The van der Waals surface area contributed by atoms with E-state index in [1.807, 2.05) is 0 Å². The summed E-state index contributed by atoms with van der Waals surface area (Å²) in [4.78, 5) is 0. The lowest BCUT2D eigenvalue weighted by Gasteiger charge is -2.40. The zero-order chi connectivity index (χ0) is 21.6. The summed E-state index contributed by atoms with van der Waals surface area (Å²) in [5.74, 6) is 2.37. The van der Waals surface area contributed by atoms with Gasteiger partial charge in [-0.05, 0) is 78.5 Å². The fraction of sp³-hybridized carbons (Fsp3) is 0.600. The van der Waals surface area contributed by atoms with Gasteiger partial charge in [0.15, 0.2) is 0 Å². The number of alkyl halides is 1. The fourth-order valence-corrected chi connectivity index (χ4v) is 6.50. The highest BCUT2D eigenvalue weighted by Gasteiger charge is 2.37. The molecule has 2 aliphatic rings. The average molecular weight is 421 g/mol. The molecular formula is C30H41F. The van der Waals surface area contributed by atoms with E-state index in [0.717, 1.165) is 31.1 Å². The van der Waals surface area contributed by atoms with Crippen molar-refractivity contribution in [3.05, 3.63) is 59.7 Å². The molecule has 2 fully saturated rings. The van der Waals surface area contributed by atoms with E-state index in [1.54, 1.807) is 0 Å². The van der Waals surface area contributed by atoms with E-state index in [2.05, 4.69) is 62.4 Å². The van der Waals surface area contributed by atoms with Crippen molar-refractivity contribution in [2.75, 3.05) is 0 Å². The normalized spacial score (nSPS) is 29.1. The van der Waals surface area contributed by atoms with Crippen molar-refractivity contribution in [3.8, 4) is 11.1 Å². The topological polar surface area (TPSA) is 0 Å². The molecule has 0 aromatic heterocycles. The van der Waals surface area contributed by atoms with Crippen molar-refractivity contribution in [2.24, 2.45) is 17.8 Å². The molecule has 2 saturated carbocycles. The van der Waals surface area contributed by atoms with Crippen LogP contribution < -0.4 is 0 Å². The molecule has 4 rings (SSSR count). The second-order valence-electron chi connectivity index (χ2n) is 10.3. The number of halogens is 1. The van der Waals surface area contributed by atoms with Crippen LogP contribution in [0.4, 0.5) is 4.39 Å². The van der Waals surface area contributed by atoms with E-state index >= 15 is 4.39 Å². The molecule has 2 aromatic rings. The van der Waals surface area contributed by atoms with Crippen LogP contribution in [0.2, 0.25) is 0 Å². The van der Waals surface area contributed by atoms with Gasteiger partial charge >= 0.3 is 0 Å². The molecule has 0 nitrogen and oxygen atoms in total. The van der Waals surface area contributed by atoms with Gasteiger partial charge in [-0.3, -0.25) is 0 Å². The van der Waals surface area contributed by atoms with Crippen LogP contribution in [0.15, 0.2) is 48.5 Å². The number of aryl methyl sites for hydroxylation is 1. The first-order valence-corrected chi connectivity index (χ1v) is 13.0. The lowest BCUT2D eigenvalue weighted by atomic mass is 9.67. The maximum atomic E-state index is 15.6. The first kappa shape index (κ1) is 22.6. The Hall–Kier alpha value is -1.63. The van der Waals surface area contributed by atoms with E-state index in [0.29, 0.717) is 5.92 Å². The molecule has 0 radical (unpaired) electrons. The molecule has 31 heavy (non-hydrogen) atoms. The molecule has 2 aliphatic carbocycles. The zero-order valence-corrected chi connectivity index (χ0v) is 19.7. The SMILES string of the molecule is CCCc1ccc(-c2ccccc2C2CCC(C3CCC(CCC)CC3)CC2F)cc1. The Morgan fingerprint density at radius 1 is 0.774 bits per heavy atom. The largest absolute Gasteiger partial charge is 0.247 e. The van der Waals surface area contributed by atoms with Gasteiger partial charge in [-0.15, -0.1) is 0 Å². The van der Waals surface area contributed by atoms with Crippen LogP contribution in [0, 0.1) is 17.8 Å². The van der Waals surface area contributed by atoms with Crippen molar-refractivity contribution in [1.82, 2.24) is 0 Å². The Labute approximate surface area is 189 Å². The highest BCUT2D eigenvalue weighted by atomic mass is 19.1. The maximum absolute atomic E-state index is 15.6. The minimum Gasteiger partial charge on any atom is -0.247 e. The van der Waals surface area contributed by atoms with Gasteiger partial charge in [0.1, 0.15) is 6.17 Å². The van der Waals surface area contributed by atoms with Crippen LogP contribution >= 0.6 is 0 Å². The molecular weight excluding hydrogens is 379 g/mol. The summed E-state index contributed by atoms with van der Waals surface area (Å²) in [5.41, 5.74) is 5.08. The Balaban J connectivity index is 1.43. The summed E-state index contributed by atoms with van der Waals surface area (Å²) in [7, 11) is 0. The van der Waals surface area contributed by atoms with Gasteiger partial charge in [0.05, 0.1) is 0 Å². The van der Waals surface area contributed by atoms with Crippen LogP contribution in [-0.2, 0) is 6.42 Å². The molecule has 1 heteroatoms. The van der Waals surface area contributed by atoms with E-state index in [-0.39, 0.29) is 5.92 Å². The molecule has 168 valence electrons. The predicted octanol–water partition coefficient (Wildman–Crippen LogP) is 9.13. The summed E-state index contributed by atoms with van der Waals surface area (Å²) in [6.07, 6.45) is 12.7. The number of benzene rings is 2. The van der Waals surface area contributed by atoms with Crippen molar-refractivity contribution >= 4 is 0 Å². The monoisotopic (exact) mass is 420 g/mol. The molecule has 0 aliphatic heterocycles. The summed E-state index contributed by atoms with van der Waals surface area (Å²) in [6, 6.07) is 17.5. The lowest BCUT2D eigenvalue weighted by Crippen LogP contribution is -2.31. The molecule has 0 bridgehead atoms. The molecule has 3 atom stereocenters. The molecule has 2 aromatic carbocycles. The van der Waals surface area contributed by atoms with E-state index in [9.17, 15) is 0 Å². The maximum Gasteiger partial charge on any atom is 0.107 e. The second-order valence-corrected chi connectivity index (χ2v) is 10.3. The Kier molecular flexibility index (Phi) is 7.86. The van der Waals surface area contributed by atoms with Crippen molar-refractivity contribution < 1.29 is 4.39 Å². The number of hydrogen-bond donors (Lipinski definition) is 0. The van der Waals surface area contributed by atoms with Gasteiger partial charge in [0.25, 0.3) is 0 Å². The van der Waals surface area contributed by atoms with E-state index in [1.165, 1.54) is 73.6 Å². The summed E-state index contributed by atoms with van der Waals surface area (Å²) in [5, 5.41) is 0. The molecule has 0 amide bonds. The zero-order valence-electron chi connectivity index (χ0n) is 19.7. The minimum atomic E-state index is -0.701. The van der Waals surface area contributed by atoms with Gasteiger partial charge < -0.3 is 0 Å². The average Bonchev–Trinajstić information content (AvgIpc) is 2.81. The van der Waals surface area contributed by atoms with Gasteiger partial charge in [-0.2, -0.15) is 0 Å². The predicted molar refractivity (Wildman–Crippen MR) is 131 cm³/mol. The van der Waals surface area contributed by atoms with Crippen LogP contribution in [0.3, 0.4) is 0 Å².